The van der Waals surface area contributed by atoms with Crippen molar-refractivity contribution in [2.45, 2.75) is 39.0 Å². The topological polar surface area (TPSA) is 36.4 Å². The lowest BCUT2D eigenvalue weighted by atomic mass is 9.82. The van der Waals surface area contributed by atoms with E-state index in [2.05, 4.69) is 60.7 Å². The van der Waals surface area contributed by atoms with Crippen molar-refractivity contribution < 1.29 is 0 Å². The Morgan fingerprint density at radius 2 is 1.90 bits per heavy atom. The van der Waals surface area contributed by atoms with Crippen LogP contribution in [0, 0.1) is 12.8 Å². The van der Waals surface area contributed by atoms with E-state index < -0.39 is 0 Å². The van der Waals surface area contributed by atoms with E-state index in [0.717, 1.165) is 25.0 Å². The second-order valence-electron chi connectivity index (χ2n) is 6.45. The van der Waals surface area contributed by atoms with Gasteiger partial charge in [-0.25, -0.2) is 0 Å². The summed E-state index contributed by atoms with van der Waals surface area (Å²) >= 11 is 0. The molecule has 0 saturated heterocycles. The fraction of sp³-hybridized carbons (Fsp3) is 0.588. The summed E-state index contributed by atoms with van der Waals surface area (Å²) in [5, 5.41) is 6.87. The quantitative estimate of drug-likeness (QED) is 0.451. The molecule has 0 aliphatic heterocycles. The van der Waals surface area contributed by atoms with E-state index in [1.807, 2.05) is 7.05 Å². The number of nitrogens with one attached hydrogen (secondary N) is 2. The highest BCUT2D eigenvalue weighted by Gasteiger charge is 2.24. The number of guanidine groups is 1. The van der Waals surface area contributed by atoms with Gasteiger partial charge in [0.15, 0.2) is 5.96 Å². The van der Waals surface area contributed by atoms with E-state index in [4.69, 9.17) is 0 Å². The maximum Gasteiger partial charge on any atom is 0.191 e. The van der Waals surface area contributed by atoms with E-state index in [1.165, 1.54) is 24.0 Å². The molecule has 0 radical (unpaired) electrons. The molecule has 1 fully saturated rings. The van der Waals surface area contributed by atoms with Gasteiger partial charge >= 0.3 is 0 Å². The van der Waals surface area contributed by atoms with E-state index in [1.54, 1.807) is 0 Å². The molecule has 4 heteroatoms. The third kappa shape index (κ3) is 5.49. The minimum Gasteiger partial charge on any atom is -0.356 e. The van der Waals surface area contributed by atoms with Crippen molar-refractivity contribution in [1.82, 2.24) is 10.6 Å². The van der Waals surface area contributed by atoms with Crippen molar-refractivity contribution >= 4 is 29.9 Å². The number of rotatable bonds is 5. The van der Waals surface area contributed by atoms with Crippen LogP contribution in [0.25, 0.3) is 0 Å². The molecule has 1 saturated carbocycles. The fourth-order valence-electron chi connectivity index (χ4n) is 2.52. The van der Waals surface area contributed by atoms with Gasteiger partial charge < -0.3 is 10.6 Å². The van der Waals surface area contributed by atoms with Crippen molar-refractivity contribution in [1.29, 1.82) is 0 Å². The first-order chi connectivity index (χ1) is 9.53. The van der Waals surface area contributed by atoms with E-state index in [9.17, 15) is 0 Å². The summed E-state index contributed by atoms with van der Waals surface area (Å²) in [5.41, 5.74) is 2.83. The summed E-state index contributed by atoms with van der Waals surface area (Å²) in [6.45, 7) is 8.65. The largest absolute Gasteiger partial charge is 0.356 e. The molecule has 1 aromatic carbocycles. The zero-order valence-corrected chi connectivity index (χ0v) is 15.9. The maximum atomic E-state index is 4.30. The van der Waals surface area contributed by atoms with Crippen molar-refractivity contribution in [3.63, 3.8) is 0 Å². The number of hydrogen-bond acceptors (Lipinski definition) is 1. The van der Waals surface area contributed by atoms with E-state index >= 15 is 0 Å². The first-order valence-electron chi connectivity index (χ1n) is 7.53. The molecule has 1 aliphatic rings. The minimum atomic E-state index is 0. The number of halogens is 1. The number of hydrogen-bond donors (Lipinski definition) is 2. The Hall–Kier alpha value is -0.780. The first kappa shape index (κ1) is 18.3. The number of aliphatic imine (C=N–C) groups is 1. The van der Waals surface area contributed by atoms with Crippen LogP contribution < -0.4 is 10.6 Å². The Labute approximate surface area is 146 Å². The van der Waals surface area contributed by atoms with Gasteiger partial charge in [-0.05, 0) is 36.8 Å². The Morgan fingerprint density at radius 3 is 2.48 bits per heavy atom. The Morgan fingerprint density at radius 1 is 1.24 bits per heavy atom. The summed E-state index contributed by atoms with van der Waals surface area (Å²) in [6, 6.07) is 8.61. The average Bonchev–Trinajstić information content (AvgIpc) is 3.23. The molecule has 0 unspecified atom stereocenters. The third-order valence-electron chi connectivity index (χ3n) is 4.05. The van der Waals surface area contributed by atoms with Gasteiger partial charge in [0.2, 0.25) is 0 Å². The lowest BCUT2D eigenvalue weighted by molar-refractivity contribution is 0.505. The number of aryl methyl sites for hydroxylation is 1. The second-order valence-corrected chi connectivity index (χ2v) is 6.45. The molecule has 0 heterocycles. The molecule has 0 amide bonds. The molecule has 2 rings (SSSR count). The molecule has 1 aromatic rings. The Bertz CT molecular complexity index is 479. The van der Waals surface area contributed by atoms with Crippen molar-refractivity contribution in [2.75, 3.05) is 20.1 Å². The molecule has 0 aromatic heterocycles. The molecular formula is C17H28IN3. The number of nitrogens with zero attached hydrogens (tertiary/aromatic N) is 1. The van der Waals surface area contributed by atoms with Gasteiger partial charge in [-0.15, -0.1) is 24.0 Å². The molecule has 3 nitrogen and oxygen atoms in total. The van der Waals surface area contributed by atoms with Crippen LogP contribution in [0.15, 0.2) is 29.3 Å². The molecule has 21 heavy (non-hydrogen) atoms. The monoisotopic (exact) mass is 401 g/mol. The summed E-state index contributed by atoms with van der Waals surface area (Å²) in [7, 11) is 1.84. The maximum absolute atomic E-state index is 4.30. The second kappa shape index (κ2) is 8.01. The first-order valence-corrected chi connectivity index (χ1v) is 7.53. The average molecular weight is 401 g/mol. The molecule has 2 N–H and O–H groups in total. The Kier molecular flexibility index (Phi) is 6.97. The minimum absolute atomic E-state index is 0. The van der Waals surface area contributed by atoms with Gasteiger partial charge in [0.1, 0.15) is 0 Å². The standard InChI is InChI=1S/C17H27N3.HI/c1-13-7-5-6-8-15(13)17(2,3)12-20-16(18-4)19-11-14-9-10-14;/h5-8,14H,9-12H2,1-4H3,(H2,18,19,20);1H. The third-order valence-corrected chi connectivity index (χ3v) is 4.05. The summed E-state index contributed by atoms with van der Waals surface area (Å²) < 4.78 is 0. The zero-order chi connectivity index (χ0) is 14.6. The predicted molar refractivity (Wildman–Crippen MR) is 102 cm³/mol. The van der Waals surface area contributed by atoms with Crippen molar-refractivity contribution in [3.05, 3.63) is 35.4 Å². The lowest BCUT2D eigenvalue weighted by Gasteiger charge is -2.28. The summed E-state index contributed by atoms with van der Waals surface area (Å²) in [6.07, 6.45) is 2.72. The molecule has 0 bridgehead atoms. The van der Waals surface area contributed by atoms with E-state index in [0.29, 0.717) is 0 Å². The van der Waals surface area contributed by atoms with Gasteiger partial charge in [0.25, 0.3) is 0 Å². The van der Waals surface area contributed by atoms with Crippen LogP contribution in [0.2, 0.25) is 0 Å². The van der Waals surface area contributed by atoms with Crippen LogP contribution >= 0.6 is 24.0 Å². The van der Waals surface area contributed by atoms with Gasteiger partial charge in [0.05, 0.1) is 0 Å². The van der Waals surface area contributed by atoms with Crippen LogP contribution in [0.5, 0.6) is 0 Å². The highest BCUT2D eigenvalue weighted by molar-refractivity contribution is 14.0. The predicted octanol–water partition coefficient (Wildman–Crippen LogP) is 3.47. The molecule has 0 spiro atoms. The van der Waals surface area contributed by atoms with Gasteiger partial charge in [-0.3, -0.25) is 4.99 Å². The summed E-state index contributed by atoms with van der Waals surface area (Å²) in [5.74, 6) is 1.77. The lowest BCUT2D eigenvalue weighted by Crippen LogP contribution is -2.44. The van der Waals surface area contributed by atoms with Crippen molar-refractivity contribution in [2.24, 2.45) is 10.9 Å². The molecule has 0 atom stereocenters. The van der Waals surface area contributed by atoms with Gasteiger partial charge in [0, 0.05) is 25.6 Å². The highest BCUT2D eigenvalue weighted by atomic mass is 127. The normalized spacial score (nSPS) is 15.3. The fourth-order valence-corrected chi connectivity index (χ4v) is 2.52. The van der Waals surface area contributed by atoms with Gasteiger partial charge in [-0.2, -0.15) is 0 Å². The molecular weight excluding hydrogens is 373 g/mol. The van der Waals surface area contributed by atoms with Crippen LogP contribution in [-0.2, 0) is 5.41 Å². The van der Waals surface area contributed by atoms with Crippen LogP contribution in [0.3, 0.4) is 0 Å². The van der Waals surface area contributed by atoms with Gasteiger partial charge in [-0.1, -0.05) is 38.1 Å². The molecule has 1 aliphatic carbocycles. The van der Waals surface area contributed by atoms with Crippen LogP contribution in [0.4, 0.5) is 0 Å². The highest BCUT2D eigenvalue weighted by Crippen LogP contribution is 2.27. The number of benzene rings is 1. The van der Waals surface area contributed by atoms with E-state index in [-0.39, 0.29) is 29.4 Å². The smallest absolute Gasteiger partial charge is 0.191 e. The Balaban J connectivity index is 0.00000220. The zero-order valence-electron chi connectivity index (χ0n) is 13.6. The van der Waals surface area contributed by atoms with Crippen LogP contribution in [-0.4, -0.2) is 26.1 Å². The summed E-state index contributed by atoms with van der Waals surface area (Å²) in [4.78, 5) is 4.30. The van der Waals surface area contributed by atoms with Crippen molar-refractivity contribution in [3.8, 4) is 0 Å². The van der Waals surface area contributed by atoms with Crippen LogP contribution in [0.1, 0.15) is 37.8 Å². The molecule has 118 valence electrons. The SMILES string of the molecule is CN=C(NCC1CC1)NCC(C)(C)c1ccccc1C.I.